The topological polar surface area (TPSA) is 80.1 Å². The van der Waals surface area contributed by atoms with Crippen LogP contribution in [0, 0.1) is 11.7 Å². The van der Waals surface area contributed by atoms with Gasteiger partial charge in [-0.1, -0.05) is 30.3 Å². The van der Waals surface area contributed by atoms with Crippen molar-refractivity contribution < 1.29 is 14.0 Å². The monoisotopic (exact) mass is 447 g/mol. The van der Waals surface area contributed by atoms with Crippen molar-refractivity contribution in [3.05, 3.63) is 83.2 Å². The standard InChI is InChI=1S/C25H26FN5O2/c26-21-8-4-5-17(13-21)14-27-24(32)20-9-10-22-28-29-23(31(22)16-20)19-11-12-30(15-19)25(33)18-6-2-1-3-7-18/h1-8,13,19-20H,9-12,14-16H2,(H,27,32). The van der Waals surface area contributed by atoms with Gasteiger partial charge in [-0.05, 0) is 42.7 Å². The fourth-order valence-corrected chi connectivity index (χ4v) is 4.76. The van der Waals surface area contributed by atoms with Crippen LogP contribution in [-0.4, -0.2) is 44.6 Å². The zero-order valence-corrected chi connectivity index (χ0v) is 18.3. The lowest BCUT2D eigenvalue weighted by Crippen LogP contribution is -2.36. The molecule has 8 heteroatoms. The van der Waals surface area contributed by atoms with Crippen LogP contribution in [-0.2, 0) is 24.3 Å². The number of hydrogen-bond donors (Lipinski definition) is 1. The van der Waals surface area contributed by atoms with Crippen molar-refractivity contribution >= 4 is 11.8 Å². The van der Waals surface area contributed by atoms with Crippen molar-refractivity contribution in [2.45, 2.75) is 38.3 Å². The number of carbonyl (C=O) groups excluding carboxylic acids is 2. The molecule has 2 aliphatic rings. The van der Waals surface area contributed by atoms with Crippen LogP contribution >= 0.6 is 0 Å². The molecule has 0 saturated carbocycles. The number of carbonyl (C=O) groups is 2. The SMILES string of the molecule is O=C(NCc1cccc(F)c1)C1CCc2nnc(C3CCN(C(=O)c4ccccc4)C3)n2C1. The number of nitrogens with zero attached hydrogens (tertiary/aromatic N) is 4. The van der Waals surface area contributed by atoms with Crippen molar-refractivity contribution in [2.75, 3.05) is 13.1 Å². The van der Waals surface area contributed by atoms with E-state index in [-0.39, 0.29) is 29.5 Å². The first-order chi connectivity index (χ1) is 16.1. The number of rotatable bonds is 5. The van der Waals surface area contributed by atoms with E-state index >= 15 is 0 Å². The van der Waals surface area contributed by atoms with Crippen LogP contribution in [0.15, 0.2) is 54.6 Å². The van der Waals surface area contributed by atoms with E-state index in [9.17, 15) is 14.0 Å². The molecule has 2 unspecified atom stereocenters. The molecule has 7 nitrogen and oxygen atoms in total. The summed E-state index contributed by atoms with van der Waals surface area (Å²) in [5.41, 5.74) is 1.43. The van der Waals surface area contributed by atoms with Crippen LogP contribution in [0.5, 0.6) is 0 Å². The summed E-state index contributed by atoms with van der Waals surface area (Å²) in [4.78, 5) is 27.5. The van der Waals surface area contributed by atoms with E-state index in [1.807, 2.05) is 35.2 Å². The highest BCUT2D eigenvalue weighted by atomic mass is 19.1. The number of amides is 2. The Bertz CT molecular complexity index is 1160. The molecule has 3 heterocycles. The normalized spacial score (nSPS) is 19.8. The summed E-state index contributed by atoms with van der Waals surface area (Å²) in [6, 6.07) is 15.6. The van der Waals surface area contributed by atoms with Gasteiger partial charge in [0.2, 0.25) is 5.91 Å². The number of nitrogens with one attached hydrogen (secondary N) is 1. The number of fused-ring (bicyclic) bond motifs is 1. The number of aryl methyl sites for hydroxylation is 1. The van der Waals surface area contributed by atoms with Crippen molar-refractivity contribution in [1.29, 1.82) is 0 Å². The molecular formula is C25H26FN5O2. The summed E-state index contributed by atoms with van der Waals surface area (Å²) in [6.07, 6.45) is 2.22. The predicted molar refractivity (Wildman–Crippen MR) is 120 cm³/mol. The second kappa shape index (κ2) is 9.13. The zero-order chi connectivity index (χ0) is 22.8. The molecule has 2 atom stereocenters. The predicted octanol–water partition coefficient (Wildman–Crippen LogP) is 2.93. The minimum Gasteiger partial charge on any atom is -0.352 e. The van der Waals surface area contributed by atoms with Crippen LogP contribution in [0.3, 0.4) is 0 Å². The molecule has 33 heavy (non-hydrogen) atoms. The molecule has 1 aromatic heterocycles. The summed E-state index contributed by atoms with van der Waals surface area (Å²) in [6.45, 7) is 2.10. The van der Waals surface area contributed by atoms with Gasteiger partial charge in [0.1, 0.15) is 17.5 Å². The van der Waals surface area contributed by atoms with E-state index in [0.29, 0.717) is 44.6 Å². The highest BCUT2D eigenvalue weighted by Crippen LogP contribution is 2.30. The van der Waals surface area contributed by atoms with E-state index in [2.05, 4.69) is 20.1 Å². The van der Waals surface area contributed by atoms with Gasteiger partial charge in [0.05, 0.1) is 5.92 Å². The van der Waals surface area contributed by atoms with Crippen LogP contribution < -0.4 is 5.32 Å². The van der Waals surface area contributed by atoms with Gasteiger partial charge in [-0.15, -0.1) is 10.2 Å². The maximum Gasteiger partial charge on any atom is 0.253 e. The van der Waals surface area contributed by atoms with Crippen molar-refractivity contribution in [1.82, 2.24) is 25.0 Å². The van der Waals surface area contributed by atoms with Gasteiger partial charge in [-0.25, -0.2) is 4.39 Å². The Hall–Kier alpha value is -3.55. The Kier molecular flexibility index (Phi) is 5.90. The first kappa shape index (κ1) is 21.3. The Morgan fingerprint density at radius 1 is 1.03 bits per heavy atom. The minimum absolute atomic E-state index is 0.0334. The lowest BCUT2D eigenvalue weighted by atomic mass is 9.97. The first-order valence-corrected chi connectivity index (χ1v) is 11.4. The number of likely N-dealkylation sites (tertiary alicyclic amines) is 1. The van der Waals surface area contributed by atoms with E-state index in [4.69, 9.17) is 0 Å². The van der Waals surface area contributed by atoms with E-state index in [0.717, 1.165) is 23.6 Å². The summed E-state index contributed by atoms with van der Waals surface area (Å²) >= 11 is 0. The maximum absolute atomic E-state index is 13.4. The van der Waals surface area contributed by atoms with Gasteiger partial charge in [0.25, 0.3) is 5.91 Å². The molecule has 2 amide bonds. The second-order valence-corrected chi connectivity index (χ2v) is 8.77. The quantitative estimate of drug-likeness (QED) is 0.652. The third-order valence-electron chi connectivity index (χ3n) is 6.56. The molecule has 3 aromatic rings. The highest BCUT2D eigenvalue weighted by Gasteiger charge is 2.34. The summed E-state index contributed by atoms with van der Waals surface area (Å²) in [5, 5.41) is 11.7. The largest absolute Gasteiger partial charge is 0.352 e. The maximum atomic E-state index is 13.4. The number of halogens is 1. The Balaban J connectivity index is 1.23. The first-order valence-electron chi connectivity index (χ1n) is 11.4. The van der Waals surface area contributed by atoms with Crippen molar-refractivity contribution in [3.8, 4) is 0 Å². The molecule has 1 N–H and O–H groups in total. The van der Waals surface area contributed by atoms with Crippen LogP contribution in [0.25, 0.3) is 0 Å². The van der Waals surface area contributed by atoms with E-state index in [1.165, 1.54) is 12.1 Å². The van der Waals surface area contributed by atoms with Gasteiger partial charge >= 0.3 is 0 Å². The van der Waals surface area contributed by atoms with Crippen LogP contribution in [0.2, 0.25) is 0 Å². The summed E-state index contributed by atoms with van der Waals surface area (Å²) in [5.74, 6) is 1.35. The van der Waals surface area contributed by atoms with Gasteiger partial charge in [0, 0.05) is 44.1 Å². The molecule has 5 rings (SSSR count). The van der Waals surface area contributed by atoms with Crippen molar-refractivity contribution in [3.63, 3.8) is 0 Å². The van der Waals surface area contributed by atoms with Gasteiger partial charge in [-0.2, -0.15) is 0 Å². The molecule has 1 saturated heterocycles. The van der Waals surface area contributed by atoms with Crippen LogP contribution in [0.1, 0.15) is 46.3 Å². The highest BCUT2D eigenvalue weighted by molar-refractivity contribution is 5.94. The second-order valence-electron chi connectivity index (χ2n) is 8.77. The van der Waals surface area contributed by atoms with Crippen LogP contribution in [0.4, 0.5) is 4.39 Å². The fourth-order valence-electron chi connectivity index (χ4n) is 4.76. The van der Waals surface area contributed by atoms with E-state index in [1.54, 1.807) is 12.1 Å². The van der Waals surface area contributed by atoms with Gasteiger partial charge in [-0.3, -0.25) is 9.59 Å². The number of benzene rings is 2. The molecule has 0 spiro atoms. The molecule has 0 radical (unpaired) electrons. The third kappa shape index (κ3) is 4.51. The fraction of sp³-hybridized carbons (Fsp3) is 0.360. The number of aromatic nitrogens is 3. The molecule has 0 aliphatic carbocycles. The molecule has 2 aromatic carbocycles. The molecule has 0 bridgehead atoms. The number of hydrogen-bond acceptors (Lipinski definition) is 4. The summed E-state index contributed by atoms with van der Waals surface area (Å²) in [7, 11) is 0. The minimum atomic E-state index is -0.311. The van der Waals surface area contributed by atoms with Gasteiger partial charge < -0.3 is 14.8 Å². The van der Waals surface area contributed by atoms with Gasteiger partial charge in [0.15, 0.2) is 0 Å². The Morgan fingerprint density at radius 2 is 1.88 bits per heavy atom. The molecular weight excluding hydrogens is 421 g/mol. The zero-order valence-electron chi connectivity index (χ0n) is 18.3. The lowest BCUT2D eigenvalue weighted by molar-refractivity contribution is -0.126. The molecule has 1 fully saturated rings. The third-order valence-corrected chi connectivity index (χ3v) is 6.56. The van der Waals surface area contributed by atoms with E-state index < -0.39 is 0 Å². The Morgan fingerprint density at radius 3 is 2.70 bits per heavy atom. The average Bonchev–Trinajstić information content (AvgIpc) is 3.49. The summed E-state index contributed by atoms with van der Waals surface area (Å²) < 4.78 is 15.5. The molecule has 2 aliphatic heterocycles. The molecule has 170 valence electrons. The Labute approximate surface area is 191 Å². The average molecular weight is 448 g/mol. The lowest BCUT2D eigenvalue weighted by Gasteiger charge is -2.25. The van der Waals surface area contributed by atoms with Crippen molar-refractivity contribution in [2.24, 2.45) is 5.92 Å². The smallest absolute Gasteiger partial charge is 0.253 e.